The maximum atomic E-state index is 2.33. The van der Waals surface area contributed by atoms with Crippen molar-refractivity contribution >= 4 is 43.1 Å². The summed E-state index contributed by atoms with van der Waals surface area (Å²) in [4.78, 5) is 0. The minimum Gasteiger partial charge on any atom is -0.0616 e. The van der Waals surface area contributed by atoms with Gasteiger partial charge in [0.15, 0.2) is 0 Å². The summed E-state index contributed by atoms with van der Waals surface area (Å²) < 4.78 is 0. The quantitative estimate of drug-likeness (QED) is 0.209. The second-order valence-electron chi connectivity index (χ2n) is 10.5. The first kappa shape index (κ1) is 22.8. The number of hydrogen-bond acceptors (Lipinski definition) is 0. The topological polar surface area (TPSA) is 0 Å². The van der Waals surface area contributed by atoms with Crippen LogP contribution in [0.1, 0.15) is 0 Å². The van der Waals surface area contributed by atoms with E-state index in [9.17, 15) is 0 Å². The van der Waals surface area contributed by atoms with E-state index in [2.05, 4.69) is 158 Å². The average molecular weight is 507 g/mol. The Hall–Kier alpha value is -5.20. The molecule has 0 amide bonds. The highest BCUT2D eigenvalue weighted by molar-refractivity contribution is 6.21. The molecule has 0 unspecified atom stereocenters. The molecular formula is C40H26. The van der Waals surface area contributed by atoms with E-state index in [4.69, 9.17) is 0 Å². The first-order chi connectivity index (χ1) is 19.8. The molecule has 0 saturated heterocycles. The molecule has 0 heteroatoms. The fraction of sp³-hybridized carbons (Fsp3) is 0. The van der Waals surface area contributed by atoms with Gasteiger partial charge >= 0.3 is 0 Å². The van der Waals surface area contributed by atoms with Crippen molar-refractivity contribution in [2.75, 3.05) is 0 Å². The predicted molar refractivity (Wildman–Crippen MR) is 173 cm³/mol. The van der Waals surface area contributed by atoms with Crippen molar-refractivity contribution in [3.63, 3.8) is 0 Å². The lowest BCUT2D eigenvalue weighted by molar-refractivity contribution is 1.63. The largest absolute Gasteiger partial charge is 0.0616 e. The molecule has 0 aliphatic rings. The standard InChI is InChI=1S/C40H26/c1-3-11-31-25-33(23-19-27(31)9-1)29-17-21-30(22-18-29)39-35-13-5-7-15-37(35)40(38-16-8-6-14-36(38)39)34-24-20-28-10-2-4-12-32(28)26-34/h1-26H. The molecule has 0 N–H and O–H groups in total. The van der Waals surface area contributed by atoms with Crippen LogP contribution in [-0.2, 0) is 0 Å². The number of fused-ring (bicyclic) bond motifs is 4. The van der Waals surface area contributed by atoms with Crippen molar-refractivity contribution in [3.8, 4) is 33.4 Å². The van der Waals surface area contributed by atoms with Gasteiger partial charge in [0.05, 0.1) is 0 Å². The molecule has 0 spiro atoms. The highest BCUT2D eigenvalue weighted by atomic mass is 14.2. The normalized spacial score (nSPS) is 11.5. The van der Waals surface area contributed by atoms with Gasteiger partial charge in [-0.25, -0.2) is 0 Å². The van der Waals surface area contributed by atoms with E-state index in [1.54, 1.807) is 0 Å². The van der Waals surface area contributed by atoms with Crippen LogP contribution in [0.3, 0.4) is 0 Å². The lowest BCUT2D eigenvalue weighted by Crippen LogP contribution is -1.91. The third kappa shape index (κ3) is 3.69. The summed E-state index contributed by atoms with van der Waals surface area (Å²) in [6.07, 6.45) is 0. The van der Waals surface area contributed by atoms with Gasteiger partial charge in [-0.2, -0.15) is 0 Å². The summed E-state index contributed by atoms with van der Waals surface area (Å²) in [6, 6.07) is 57.6. The molecular weight excluding hydrogens is 480 g/mol. The van der Waals surface area contributed by atoms with Crippen molar-refractivity contribution in [1.29, 1.82) is 0 Å². The van der Waals surface area contributed by atoms with Crippen molar-refractivity contribution in [1.82, 2.24) is 0 Å². The van der Waals surface area contributed by atoms with E-state index in [0.717, 1.165) is 0 Å². The van der Waals surface area contributed by atoms with Crippen molar-refractivity contribution in [3.05, 3.63) is 158 Å². The highest BCUT2D eigenvalue weighted by Crippen LogP contribution is 2.44. The van der Waals surface area contributed by atoms with Gasteiger partial charge in [0.1, 0.15) is 0 Å². The molecule has 186 valence electrons. The number of benzene rings is 8. The van der Waals surface area contributed by atoms with E-state index < -0.39 is 0 Å². The van der Waals surface area contributed by atoms with Crippen LogP contribution in [0, 0.1) is 0 Å². The van der Waals surface area contributed by atoms with Crippen molar-refractivity contribution in [2.24, 2.45) is 0 Å². The van der Waals surface area contributed by atoms with Gasteiger partial charge in [-0.05, 0) is 88.6 Å². The van der Waals surface area contributed by atoms with Crippen molar-refractivity contribution in [2.45, 2.75) is 0 Å². The lowest BCUT2D eigenvalue weighted by atomic mass is 9.85. The van der Waals surface area contributed by atoms with Crippen LogP contribution in [-0.4, -0.2) is 0 Å². The smallest absolute Gasteiger partial charge is 0.00262 e. The summed E-state index contributed by atoms with van der Waals surface area (Å²) in [5.74, 6) is 0. The number of hydrogen-bond donors (Lipinski definition) is 0. The van der Waals surface area contributed by atoms with E-state index in [-0.39, 0.29) is 0 Å². The monoisotopic (exact) mass is 506 g/mol. The predicted octanol–water partition coefficient (Wildman–Crippen LogP) is 11.3. The Labute approximate surface area is 233 Å². The minimum absolute atomic E-state index is 1.23. The van der Waals surface area contributed by atoms with Crippen LogP contribution in [0.25, 0.3) is 76.5 Å². The maximum absolute atomic E-state index is 2.33. The molecule has 0 atom stereocenters. The van der Waals surface area contributed by atoms with E-state index in [1.807, 2.05) is 0 Å². The Kier molecular flexibility index (Phi) is 5.24. The molecule has 0 saturated carbocycles. The van der Waals surface area contributed by atoms with Crippen LogP contribution in [0.2, 0.25) is 0 Å². The fourth-order valence-electron chi connectivity index (χ4n) is 6.29. The molecule has 0 aliphatic carbocycles. The molecule has 0 radical (unpaired) electrons. The molecule has 0 aromatic heterocycles. The lowest BCUT2D eigenvalue weighted by Gasteiger charge is -2.18. The molecule has 0 bridgehead atoms. The van der Waals surface area contributed by atoms with Gasteiger partial charge in [-0.1, -0.05) is 146 Å². The van der Waals surface area contributed by atoms with Gasteiger partial charge in [0.2, 0.25) is 0 Å². The van der Waals surface area contributed by atoms with Gasteiger partial charge in [-0.3, -0.25) is 0 Å². The van der Waals surface area contributed by atoms with Crippen LogP contribution >= 0.6 is 0 Å². The fourth-order valence-corrected chi connectivity index (χ4v) is 6.29. The Morgan fingerprint density at radius 3 is 1.10 bits per heavy atom. The Morgan fingerprint density at radius 2 is 0.575 bits per heavy atom. The van der Waals surface area contributed by atoms with E-state index in [0.29, 0.717) is 0 Å². The molecule has 0 aliphatic heterocycles. The van der Waals surface area contributed by atoms with Gasteiger partial charge in [0, 0.05) is 0 Å². The van der Waals surface area contributed by atoms with Crippen LogP contribution in [0.5, 0.6) is 0 Å². The maximum Gasteiger partial charge on any atom is -0.00262 e. The molecule has 8 aromatic rings. The molecule has 0 fully saturated rings. The summed E-state index contributed by atoms with van der Waals surface area (Å²) in [7, 11) is 0. The summed E-state index contributed by atoms with van der Waals surface area (Å²) in [5, 5.41) is 10.2. The molecule has 40 heavy (non-hydrogen) atoms. The zero-order valence-corrected chi connectivity index (χ0v) is 22.0. The van der Waals surface area contributed by atoms with E-state index >= 15 is 0 Å². The molecule has 0 heterocycles. The number of rotatable bonds is 3. The second-order valence-corrected chi connectivity index (χ2v) is 10.5. The third-order valence-electron chi connectivity index (χ3n) is 8.23. The highest BCUT2D eigenvalue weighted by Gasteiger charge is 2.16. The van der Waals surface area contributed by atoms with Gasteiger partial charge in [0.25, 0.3) is 0 Å². The molecule has 8 aromatic carbocycles. The Morgan fingerprint density at radius 1 is 0.225 bits per heavy atom. The van der Waals surface area contributed by atoms with Gasteiger partial charge < -0.3 is 0 Å². The van der Waals surface area contributed by atoms with Gasteiger partial charge in [-0.15, -0.1) is 0 Å². The minimum atomic E-state index is 1.23. The first-order valence-electron chi connectivity index (χ1n) is 13.9. The zero-order valence-electron chi connectivity index (χ0n) is 22.0. The van der Waals surface area contributed by atoms with Crippen LogP contribution in [0.15, 0.2) is 158 Å². The molecule has 0 nitrogen and oxygen atoms in total. The SMILES string of the molecule is c1ccc2cc(-c3ccc(-c4c5ccccc5c(-c5ccc6ccccc6c5)c5ccccc45)cc3)ccc2c1. The van der Waals surface area contributed by atoms with Crippen LogP contribution in [0.4, 0.5) is 0 Å². The Bertz CT molecular complexity index is 2140. The summed E-state index contributed by atoms with van der Waals surface area (Å²) in [5.41, 5.74) is 7.56. The van der Waals surface area contributed by atoms with Crippen LogP contribution < -0.4 is 0 Å². The average Bonchev–Trinajstić information content (AvgIpc) is 3.03. The van der Waals surface area contributed by atoms with Crippen molar-refractivity contribution < 1.29 is 0 Å². The Balaban J connectivity index is 1.33. The van der Waals surface area contributed by atoms with E-state index in [1.165, 1.54) is 76.5 Å². The zero-order chi connectivity index (χ0) is 26.5. The second kappa shape index (κ2) is 9.22. The summed E-state index contributed by atoms with van der Waals surface area (Å²) >= 11 is 0. The third-order valence-corrected chi connectivity index (χ3v) is 8.23. The molecule has 8 rings (SSSR count). The summed E-state index contributed by atoms with van der Waals surface area (Å²) in [6.45, 7) is 0. The first-order valence-corrected chi connectivity index (χ1v) is 13.9.